The lowest BCUT2D eigenvalue weighted by Gasteiger charge is -2.19. The largest absolute Gasteiger partial charge is 0.490 e. The molecule has 0 amide bonds. The molecule has 0 bridgehead atoms. The first kappa shape index (κ1) is 19.4. The zero-order valence-corrected chi connectivity index (χ0v) is 15.5. The van der Waals surface area contributed by atoms with Crippen molar-refractivity contribution in [2.45, 2.75) is 58.5 Å². The van der Waals surface area contributed by atoms with Gasteiger partial charge in [-0.1, -0.05) is 13.0 Å². The van der Waals surface area contributed by atoms with E-state index in [4.69, 9.17) is 4.74 Å². The number of ketones is 1. The zero-order chi connectivity index (χ0) is 18.2. The number of benzene rings is 1. The quantitative estimate of drug-likeness (QED) is 0.565. The van der Waals surface area contributed by atoms with Crippen LogP contribution in [0.5, 0.6) is 5.75 Å². The summed E-state index contributed by atoms with van der Waals surface area (Å²) in [5.41, 5.74) is 2.49. The van der Waals surface area contributed by atoms with E-state index >= 15 is 0 Å². The lowest BCUT2D eigenvalue weighted by molar-refractivity contribution is 0.101. The van der Waals surface area contributed by atoms with E-state index in [2.05, 4.69) is 4.99 Å². The van der Waals surface area contributed by atoms with Gasteiger partial charge < -0.3 is 9.84 Å². The van der Waals surface area contributed by atoms with Crippen LogP contribution in [0.1, 0.15) is 68.3 Å². The van der Waals surface area contributed by atoms with Gasteiger partial charge in [-0.05, 0) is 68.9 Å². The third kappa shape index (κ3) is 5.27. The highest BCUT2D eigenvalue weighted by Crippen LogP contribution is 2.31. The van der Waals surface area contributed by atoms with E-state index in [1.807, 2.05) is 38.1 Å². The summed E-state index contributed by atoms with van der Waals surface area (Å²) in [4.78, 5) is 16.3. The van der Waals surface area contributed by atoms with Crippen LogP contribution in [-0.2, 0) is 0 Å². The molecule has 0 spiro atoms. The van der Waals surface area contributed by atoms with Crippen molar-refractivity contribution in [3.05, 3.63) is 41.0 Å². The topological polar surface area (TPSA) is 58.9 Å². The molecule has 1 saturated carbocycles. The minimum absolute atomic E-state index is 0.00382. The van der Waals surface area contributed by atoms with Crippen LogP contribution in [0.25, 0.3) is 0 Å². The molecule has 1 aromatic carbocycles. The molecule has 4 nitrogen and oxygen atoms in total. The van der Waals surface area contributed by atoms with E-state index < -0.39 is 0 Å². The highest BCUT2D eigenvalue weighted by Gasteiger charge is 2.20. The van der Waals surface area contributed by atoms with Gasteiger partial charge in [0.05, 0.1) is 18.3 Å². The van der Waals surface area contributed by atoms with Gasteiger partial charge >= 0.3 is 0 Å². The van der Waals surface area contributed by atoms with Crippen molar-refractivity contribution in [1.82, 2.24) is 0 Å². The summed E-state index contributed by atoms with van der Waals surface area (Å²) >= 11 is 0. The van der Waals surface area contributed by atoms with Gasteiger partial charge in [-0.25, -0.2) is 0 Å². The predicted molar refractivity (Wildman–Crippen MR) is 102 cm³/mol. The summed E-state index contributed by atoms with van der Waals surface area (Å²) < 4.78 is 6.06. The Labute approximate surface area is 150 Å². The maximum Gasteiger partial charge on any atom is 0.163 e. The fourth-order valence-electron chi connectivity index (χ4n) is 3.18. The second-order valence-electron chi connectivity index (χ2n) is 6.61. The minimum atomic E-state index is -0.0351. The number of allylic oxidation sites excluding steroid dienone is 1. The minimum Gasteiger partial charge on any atom is -0.490 e. The smallest absolute Gasteiger partial charge is 0.163 e. The maximum atomic E-state index is 12.1. The van der Waals surface area contributed by atoms with Crippen LogP contribution in [0.3, 0.4) is 0 Å². The Kier molecular flexibility index (Phi) is 7.38. The number of carbonyl (C=O) groups excluding carboxylic acids is 1. The highest BCUT2D eigenvalue weighted by molar-refractivity contribution is 5.97. The molecule has 0 radical (unpaired) electrons. The molecule has 0 saturated heterocycles. The molecule has 1 unspecified atom stereocenters. The summed E-state index contributed by atoms with van der Waals surface area (Å²) in [6.45, 7) is 6.24. The first-order valence-electron chi connectivity index (χ1n) is 9.18. The number of rotatable bonds is 8. The van der Waals surface area contributed by atoms with Crippen LogP contribution in [0.15, 0.2) is 34.8 Å². The molecule has 0 heterocycles. The number of aliphatic hydroxyl groups excluding tert-OH is 1. The SMILES string of the molecule is CC/N=C\C=C(\CO)C(C)c1ccc(OC2CCCC2)c(C(C)=O)c1. The molecule has 136 valence electrons. The van der Waals surface area contributed by atoms with Crippen molar-refractivity contribution < 1.29 is 14.6 Å². The second-order valence-corrected chi connectivity index (χ2v) is 6.61. The third-order valence-corrected chi connectivity index (χ3v) is 4.79. The molecule has 1 aliphatic rings. The third-order valence-electron chi connectivity index (χ3n) is 4.79. The Morgan fingerprint density at radius 3 is 2.72 bits per heavy atom. The monoisotopic (exact) mass is 343 g/mol. The Morgan fingerprint density at radius 2 is 2.12 bits per heavy atom. The van der Waals surface area contributed by atoms with Crippen molar-refractivity contribution in [1.29, 1.82) is 0 Å². The Balaban J connectivity index is 2.25. The molecule has 1 aliphatic carbocycles. The number of aliphatic hydroxyl groups is 1. The average Bonchev–Trinajstić information content (AvgIpc) is 3.11. The van der Waals surface area contributed by atoms with Crippen LogP contribution in [0.2, 0.25) is 0 Å². The molecule has 1 atom stereocenters. The van der Waals surface area contributed by atoms with Crippen molar-refractivity contribution in [2.75, 3.05) is 13.2 Å². The van der Waals surface area contributed by atoms with Gasteiger partial charge in [0.1, 0.15) is 5.75 Å². The van der Waals surface area contributed by atoms with Crippen LogP contribution in [0, 0.1) is 0 Å². The van der Waals surface area contributed by atoms with Crippen LogP contribution in [-0.4, -0.2) is 36.4 Å². The summed E-state index contributed by atoms with van der Waals surface area (Å²) in [6, 6.07) is 5.79. The van der Waals surface area contributed by atoms with Gasteiger partial charge in [-0.15, -0.1) is 0 Å². The van der Waals surface area contributed by atoms with Gasteiger partial charge in [0.2, 0.25) is 0 Å². The average molecular weight is 343 g/mol. The molecule has 2 rings (SSSR count). The van der Waals surface area contributed by atoms with Crippen LogP contribution >= 0.6 is 0 Å². The molecular formula is C21H29NO3. The lowest BCUT2D eigenvalue weighted by Crippen LogP contribution is -2.14. The second kappa shape index (κ2) is 9.52. The number of nitrogens with zero attached hydrogens (tertiary/aromatic N) is 1. The van der Waals surface area contributed by atoms with Crippen molar-refractivity contribution in [3.8, 4) is 5.75 Å². The number of hydrogen-bond acceptors (Lipinski definition) is 4. The maximum absolute atomic E-state index is 12.1. The van der Waals surface area contributed by atoms with Crippen LogP contribution in [0.4, 0.5) is 0 Å². The van der Waals surface area contributed by atoms with Gasteiger partial charge in [0, 0.05) is 18.7 Å². The number of Topliss-reactive ketones (excluding diaryl/α,β-unsaturated/α-hetero) is 1. The summed E-state index contributed by atoms with van der Waals surface area (Å²) in [6.07, 6.45) is 8.31. The summed E-state index contributed by atoms with van der Waals surface area (Å²) in [5, 5.41) is 9.66. The molecule has 0 aromatic heterocycles. The van der Waals surface area contributed by atoms with E-state index in [1.165, 1.54) is 12.8 Å². The van der Waals surface area contributed by atoms with E-state index in [1.54, 1.807) is 13.1 Å². The number of carbonyl (C=O) groups is 1. The molecule has 1 aromatic rings. The van der Waals surface area contributed by atoms with Gasteiger partial charge in [-0.3, -0.25) is 9.79 Å². The van der Waals surface area contributed by atoms with E-state index in [9.17, 15) is 9.90 Å². The molecule has 1 fully saturated rings. The van der Waals surface area contributed by atoms with Crippen LogP contribution < -0.4 is 4.74 Å². The number of aliphatic imine (C=N–C) groups is 1. The highest BCUT2D eigenvalue weighted by atomic mass is 16.5. The fourth-order valence-corrected chi connectivity index (χ4v) is 3.18. The van der Waals surface area contributed by atoms with Gasteiger partial charge in [0.25, 0.3) is 0 Å². The normalized spacial score (nSPS) is 17.2. The first-order chi connectivity index (χ1) is 12.1. The number of ether oxygens (including phenoxy) is 1. The lowest BCUT2D eigenvalue weighted by atomic mass is 9.91. The molecule has 25 heavy (non-hydrogen) atoms. The van der Waals surface area contributed by atoms with E-state index in [-0.39, 0.29) is 24.4 Å². The van der Waals surface area contributed by atoms with Crippen molar-refractivity contribution in [3.63, 3.8) is 0 Å². The molecule has 1 N–H and O–H groups in total. The molecule has 0 aliphatic heterocycles. The van der Waals surface area contributed by atoms with Crippen molar-refractivity contribution in [2.24, 2.45) is 4.99 Å². The predicted octanol–water partition coefficient (Wildman–Crippen LogP) is 4.32. The fraction of sp³-hybridized carbons (Fsp3) is 0.524. The first-order valence-corrected chi connectivity index (χ1v) is 9.18. The summed E-state index contributed by atoms with van der Waals surface area (Å²) in [7, 11) is 0. The van der Waals surface area contributed by atoms with Gasteiger partial charge in [0.15, 0.2) is 5.78 Å². The van der Waals surface area contributed by atoms with Crippen molar-refractivity contribution >= 4 is 12.0 Å². The van der Waals surface area contributed by atoms with E-state index in [0.29, 0.717) is 17.9 Å². The Bertz CT molecular complexity index is 643. The molecule has 4 heteroatoms. The zero-order valence-electron chi connectivity index (χ0n) is 15.5. The summed E-state index contributed by atoms with van der Waals surface area (Å²) in [5.74, 6) is 0.688. The Morgan fingerprint density at radius 1 is 1.40 bits per heavy atom. The Hall–Kier alpha value is -1.94. The standard InChI is InChI=1S/C21H29NO3/c1-4-22-12-11-18(14-23)15(2)17-9-10-21(20(13-17)16(3)24)25-19-7-5-6-8-19/h9-13,15,19,23H,4-8,14H2,1-3H3/b18-11-,22-12-. The van der Waals surface area contributed by atoms with Gasteiger partial charge in [-0.2, -0.15) is 0 Å². The van der Waals surface area contributed by atoms with E-state index in [0.717, 1.165) is 24.0 Å². The number of hydrogen-bond donors (Lipinski definition) is 1. The molecular weight excluding hydrogens is 314 g/mol.